The molecule has 4 nitrogen and oxygen atoms in total. The van der Waals surface area contributed by atoms with Gasteiger partial charge in [-0.25, -0.2) is 0 Å². The highest BCUT2D eigenvalue weighted by Gasteiger charge is 2.17. The van der Waals surface area contributed by atoms with E-state index in [1.54, 1.807) is 6.08 Å². The maximum atomic E-state index is 12.3. The first-order chi connectivity index (χ1) is 20.7. The first kappa shape index (κ1) is 41.1. The van der Waals surface area contributed by atoms with E-state index >= 15 is 0 Å². The van der Waals surface area contributed by atoms with Gasteiger partial charge < -0.3 is 15.5 Å². The predicted molar refractivity (Wildman–Crippen MR) is 184 cm³/mol. The van der Waals surface area contributed by atoms with Crippen LogP contribution in [0.2, 0.25) is 0 Å². The third-order valence-corrected chi connectivity index (χ3v) is 8.77. The molecule has 250 valence electrons. The molecular formula is C38H75NO3. The molecule has 0 aliphatic carbocycles. The Morgan fingerprint density at radius 2 is 0.881 bits per heavy atom. The number of hydrogen-bond donors (Lipinski definition) is 3. The molecule has 0 aliphatic heterocycles. The minimum atomic E-state index is -0.830. The van der Waals surface area contributed by atoms with Crippen molar-refractivity contribution in [1.29, 1.82) is 0 Å². The summed E-state index contributed by atoms with van der Waals surface area (Å²) in [5.74, 6) is -0.0635. The molecule has 0 fully saturated rings. The summed E-state index contributed by atoms with van der Waals surface area (Å²) in [6.07, 6.45) is 41.7. The number of carbonyl (C=O) groups is 1. The van der Waals surface area contributed by atoms with E-state index in [0.717, 1.165) is 25.7 Å². The van der Waals surface area contributed by atoms with Gasteiger partial charge in [0.05, 0.1) is 18.8 Å². The molecule has 0 saturated carbocycles. The van der Waals surface area contributed by atoms with Crippen molar-refractivity contribution in [3.63, 3.8) is 0 Å². The van der Waals surface area contributed by atoms with Gasteiger partial charge in [-0.1, -0.05) is 193 Å². The number of amides is 1. The van der Waals surface area contributed by atoms with Crippen LogP contribution in [-0.4, -0.2) is 34.9 Å². The molecule has 0 aromatic rings. The Labute approximate surface area is 263 Å². The molecule has 0 heterocycles. The summed E-state index contributed by atoms with van der Waals surface area (Å²) in [6.45, 7) is 4.28. The lowest BCUT2D eigenvalue weighted by molar-refractivity contribution is -0.123. The second-order valence-corrected chi connectivity index (χ2v) is 13.0. The summed E-state index contributed by atoms with van der Waals surface area (Å²) in [7, 11) is 0. The summed E-state index contributed by atoms with van der Waals surface area (Å²) in [4.78, 5) is 12.3. The van der Waals surface area contributed by atoms with E-state index in [2.05, 4.69) is 19.2 Å². The maximum absolute atomic E-state index is 12.3. The van der Waals surface area contributed by atoms with Gasteiger partial charge in [0.15, 0.2) is 0 Å². The molecular weight excluding hydrogens is 518 g/mol. The van der Waals surface area contributed by atoms with Crippen molar-refractivity contribution in [3.8, 4) is 0 Å². The second kappa shape index (κ2) is 34.6. The van der Waals surface area contributed by atoms with Crippen molar-refractivity contribution in [1.82, 2.24) is 5.32 Å². The fraction of sp³-hybridized carbons (Fsp3) is 0.921. The molecule has 0 saturated heterocycles. The lowest BCUT2D eigenvalue weighted by Crippen LogP contribution is -2.45. The number of unbranched alkanes of at least 4 members (excludes halogenated alkanes) is 27. The Morgan fingerprint density at radius 3 is 1.24 bits per heavy atom. The largest absolute Gasteiger partial charge is 0.394 e. The molecule has 0 spiro atoms. The second-order valence-electron chi connectivity index (χ2n) is 13.0. The van der Waals surface area contributed by atoms with Gasteiger partial charge in [-0.3, -0.25) is 4.79 Å². The third kappa shape index (κ3) is 30.6. The minimum absolute atomic E-state index is 0.0635. The van der Waals surface area contributed by atoms with Gasteiger partial charge in [0.1, 0.15) is 0 Å². The zero-order valence-electron chi connectivity index (χ0n) is 28.5. The third-order valence-electron chi connectivity index (χ3n) is 8.77. The number of aliphatic hydroxyl groups excluding tert-OH is 2. The highest BCUT2D eigenvalue weighted by atomic mass is 16.3. The van der Waals surface area contributed by atoms with Crippen molar-refractivity contribution >= 4 is 5.91 Å². The first-order valence-electron chi connectivity index (χ1n) is 18.9. The van der Waals surface area contributed by atoms with Gasteiger partial charge in [0.25, 0.3) is 0 Å². The normalized spacial score (nSPS) is 13.1. The fourth-order valence-corrected chi connectivity index (χ4v) is 5.82. The highest BCUT2D eigenvalue weighted by Crippen LogP contribution is 2.15. The van der Waals surface area contributed by atoms with Crippen LogP contribution in [0.4, 0.5) is 0 Å². The van der Waals surface area contributed by atoms with E-state index in [0.29, 0.717) is 6.42 Å². The molecule has 3 N–H and O–H groups in total. The van der Waals surface area contributed by atoms with E-state index in [1.807, 2.05) is 6.08 Å². The standard InChI is InChI=1S/C38H75NO3/c1-3-5-7-9-11-13-14-15-16-17-18-19-20-21-22-23-24-26-28-30-32-34-38(42)39-36(35-40)37(41)33-31-29-27-25-12-10-8-6-4-2/h31,33,36-37,40-41H,3-30,32,34-35H2,1-2H3,(H,39,42)/b33-31+/t36-,37+/m0/s1. The quantitative estimate of drug-likeness (QED) is 0.0513. The molecule has 0 aliphatic rings. The molecule has 1 amide bonds. The van der Waals surface area contributed by atoms with Crippen LogP contribution < -0.4 is 5.32 Å². The van der Waals surface area contributed by atoms with E-state index in [4.69, 9.17) is 0 Å². The number of aliphatic hydroxyl groups is 2. The van der Waals surface area contributed by atoms with E-state index in [-0.39, 0.29) is 12.5 Å². The molecule has 0 unspecified atom stereocenters. The van der Waals surface area contributed by atoms with E-state index < -0.39 is 12.1 Å². The van der Waals surface area contributed by atoms with Crippen LogP contribution in [-0.2, 0) is 4.79 Å². The van der Waals surface area contributed by atoms with Gasteiger partial charge in [-0.15, -0.1) is 0 Å². The molecule has 2 atom stereocenters. The van der Waals surface area contributed by atoms with Crippen molar-refractivity contribution in [3.05, 3.63) is 12.2 Å². The number of carbonyl (C=O) groups excluding carboxylic acids is 1. The number of rotatable bonds is 34. The molecule has 0 radical (unpaired) electrons. The van der Waals surface area contributed by atoms with Gasteiger partial charge in [-0.2, -0.15) is 0 Å². The molecule has 4 heteroatoms. The fourth-order valence-electron chi connectivity index (χ4n) is 5.82. The minimum Gasteiger partial charge on any atom is -0.394 e. The smallest absolute Gasteiger partial charge is 0.220 e. The Balaban J connectivity index is 3.49. The van der Waals surface area contributed by atoms with E-state index in [1.165, 1.54) is 161 Å². The van der Waals surface area contributed by atoms with Crippen LogP contribution in [0.15, 0.2) is 12.2 Å². The first-order valence-corrected chi connectivity index (χ1v) is 18.9. The van der Waals surface area contributed by atoms with Crippen LogP contribution in [0, 0.1) is 0 Å². The van der Waals surface area contributed by atoms with Crippen molar-refractivity contribution in [2.24, 2.45) is 0 Å². The van der Waals surface area contributed by atoms with Gasteiger partial charge in [0, 0.05) is 6.42 Å². The van der Waals surface area contributed by atoms with Crippen molar-refractivity contribution in [2.75, 3.05) is 6.61 Å². The topological polar surface area (TPSA) is 69.6 Å². The molecule has 42 heavy (non-hydrogen) atoms. The summed E-state index contributed by atoms with van der Waals surface area (Å²) in [5.41, 5.74) is 0. The summed E-state index contributed by atoms with van der Waals surface area (Å²) >= 11 is 0. The average molecular weight is 594 g/mol. The van der Waals surface area contributed by atoms with Crippen molar-refractivity contribution < 1.29 is 15.0 Å². The van der Waals surface area contributed by atoms with Crippen molar-refractivity contribution in [2.45, 2.75) is 219 Å². The van der Waals surface area contributed by atoms with Gasteiger partial charge in [-0.05, 0) is 19.3 Å². The van der Waals surface area contributed by atoms with Crippen LogP contribution >= 0.6 is 0 Å². The summed E-state index contributed by atoms with van der Waals surface area (Å²) < 4.78 is 0. The average Bonchev–Trinajstić information content (AvgIpc) is 2.99. The van der Waals surface area contributed by atoms with Crippen LogP contribution in [0.5, 0.6) is 0 Å². The number of hydrogen-bond acceptors (Lipinski definition) is 3. The van der Waals surface area contributed by atoms with Crippen LogP contribution in [0.3, 0.4) is 0 Å². The molecule has 0 bridgehead atoms. The Hall–Kier alpha value is -0.870. The monoisotopic (exact) mass is 594 g/mol. The van der Waals surface area contributed by atoms with Crippen LogP contribution in [0.25, 0.3) is 0 Å². The Morgan fingerprint density at radius 1 is 0.548 bits per heavy atom. The zero-order valence-corrected chi connectivity index (χ0v) is 28.5. The molecule has 0 aromatic heterocycles. The van der Waals surface area contributed by atoms with Crippen LogP contribution in [0.1, 0.15) is 206 Å². The lowest BCUT2D eigenvalue weighted by atomic mass is 10.0. The Kier molecular flexibility index (Phi) is 33.9. The SMILES string of the molecule is CCCCCCCCC/C=C/[C@@H](O)[C@H](CO)NC(=O)CCCCCCCCCCCCCCCCCCCCCCC. The number of allylic oxidation sites excluding steroid dienone is 1. The highest BCUT2D eigenvalue weighted by molar-refractivity contribution is 5.76. The predicted octanol–water partition coefficient (Wildman–Crippen LogP) is 11.1. The zero-order chi connectivity index (χ0) is 30.8. The number of nitrogens with one attached hydrogen (secondary N) is 1. The molecule has 0 rings (SSSR count). The maximum Gasteiger partial charge on any atom is 0.220 e. The Bertz CT molecular complexity index is 565. The lowest BCUT2D eigenvalue weighted by Gasteiger charge is -2.20. The van der Waals surface area contributed by atoms with Gasteiger partial charge >= 0.3 is 0 Å². The summed E-state index contributed by atoms with van der Waals surface area (Å²) in [5, 5.41) is 22.8. The van der Waals surface area contributed by atoms with E-state index in [9.17, 15) is 15.0 Å². The molecule has 0 aromatic carbocycles. The summed E-state index contributed by atoms with van der Waals surface area (Å²) in [6, 6.07) is -0.613. The van der Waals surface area contributed by atoms with Gasteiger partial charge in [0.2, 0.25) is 5.91 Å².